The maximum absolute atomic E-state index is 13.4. The zero-order valence-electron chi connectivity index (χ0n) is 16.9. The van der Waals surface area contributed by atoms with E-state index in [9.17, 15) is 4.79 Å². The van der Waals surface area contributed by atoms with Crippen molar-refractivity contribution in [3.8, 4) is 0 Å². The maximum Gasteiger partial charge on any atom is 0.258 e. The first-order chi connectivity index (χ1) is 13.0. The molecule has 1 fully saturated rings. The summed E-state index contributed by atoms with van der Waals surface area (Å²) in [4.78, 5) is 17.9. The van der Waals surface area contributed by atoms with Gasteiger partial charge in [-0.05, 0) is 62.9 Å². The van der Waals surface area contributed by atoms with Crippen LogP contribution in [0, 0.1) is 12.8 Å². The quantitative estimate of drug-likeness (QED) is 0.707. The summed E-state index contributed by atoms with van der Waals surface area (Å²) < 4.78 is 0. The number of nitrogens with zero attached hydrogens (tertiary/aromatic N) is 2. The lowest BCUT2D eigenvalue weighted by Crippen LogP contribution is -2.48. The van der Waals surface area contributed by atoms with Gasteiger partial charge in [-0.1, -0.05) is 49.7 Å². The van der Waals surface area contributed by atoms with E-state index >= 15 is 0 Å². The molecule has 1 heterocycles. The topological polar surface area (TPSA) is 23.6 Å². The minimum atomic E-state index is 0.113. The summed E-state index contributed by atoms with van der Waals surface area (Å²) in [5, 5.41) is 0. The molecule has 0 radical (unpaired) electrons. The highest BCUT2D eigenvalue weighted by Gasteiger charge is 2.29. The van der Waals surface area contributed by atoms with E-state index in [0.717, 1.165) is 43.1 Å². The number of carbonyl (C=O) groups excluding carboxylic acids is 1. The lowest BCUT2D eigenvalue weighted by Gasteiger charge is -2.39. The van der Waals surface area contributed by atoms with Crippen molar-refractivity contribution in [2.24, 2.45) is 5.92 Å². The standard InChI is InChI=1S/C24H32N2O/c1-19(2)13-16-25-17-14-23(15-18-25)26(22-7-5-4-6-8-22)24(27)21-11-9-20(3)10-12-21/h4-12,19,23H,13-18H2,1-3H3. The average Bonchev–Trinajstić information content (AvgIpc) is 2.69. The Labute approximate surface area is 164 Å². The largest absolute Gasteiger partial charge is 0.305 e. The van der Waals surface area contributed by atoms with Gasteiger partial charge >= 0.3 is 0 Å². The Hall–Kier alpha value is -2.13. The Bertz CT molecular complexity index is 716. The number of hydrogen-bond acceptors (Lipinski definition) is 2. The molecule has 2 aromatic carbocycles. The van der Waals surface area contributed by atoms with E-state index in [1.807, 2.05) is 47.4 Å². The van der Waals surface area contributed by atoms with Gasteiger partial charge in [0, 0.05) is 30.4 Å². The van der Waals surface area contributed by atoms with Crippen LogP contribution in [-0.2, 0) is 0 Å². The molecule has 0 aliphatic carbocycles. The van der Waals surface area contributed by atoms with Gasteiger partial charge in [0.1, 0.15) is 0 Å². The third-order valence-electron chi connectivity index (χ3n) is 5.50. The van der Waals surface area contributed by atoms with Crippen molar-refractivity contribution in [3.05, 3.63) is 65.7 Å². The summed E-state index contributed by atoms with van der Waals surface area (Å²) in [7, 11) is 0. The number of para-hydroxylation sites is 1. The third kappa shape index (κ3) is 5.20. The van der Waals surface area contributed by atoms with Crippen molar-refractivity contribution in [2.75, 3.05) is 24.5 Å². The number of benzene rings is 2. The first kappa shape index (κ1) is 19.6. The first-order valence-corrected chi connectivity index (χ1v) is 10.2. The van der Waals surface area contributed by atoms with Gasteiger partial charge in [-0.15, -0.1) is 0 Å². The van der Waals surface area contributed by atoms with Gasteiger partial charge in [-0.25, -0.2) is 0 Å². The van der Waals surface area contributed by atoms with Crippen molar-refractivity contribution in [3.63, 3.8) is 0 Å². The van der Waals surface area contributed by atoms with Crippen molar-refractivity contribution in [1.29, 1.82) is 0 Å². The number of hydrogen-bond donors (Lipinski definition) is 0. The molecule has 3 nitrogen and oxygen atoms in total. The average molecular weight is 365 g/mol. The zero-order chi connectivity index (χ0) is 19.2. The Morgan fingerprint density at radius 3 is 2.26 bits per heavy atom. The van der Waals surface area contributed by atoms with E-state index in [0.29, 0.717) is 0 Å². The summed E-state index contributed by atoms with van der Waals surface area (Å²) in [6.45, 7) is 9.93. The molecule has 27 heavy (non-hydrogen) atoms. The third-order valence-corrected chi connectivity index (χ3v) is 5.50. The summed E-state index contributed by atoms with van der Waals surface area (Å²) in [5.74, 6) is 0.855. The van der Waals surface area contributed by atoms with Crippen LogP contribution in [0.1, 0.15) is 49.0 Å². The summed E-state index contributed by atoms with van der Waals surface area (Å²) in [6.07, 6.45) is 3.31. The molecule has 0 saturated carbocycles. The van der Waals surface area contributed by atoms with Crippen molar-refractivity contribution in [1.82, 2.24) is 4.90 Å². The van der Waals surface area contributed by atoms with E-state index in [-0.39, 0.29) is 11.9 Å². The molecule has 0 aromatic heterocycles. The SMILES string of the molecule is Cc1ccc(C(=O)N(c2ccccc2)C2CCN(CCC(C)C)CC2)cc1. The van der Waals surface area contributed by atoms with Gasteiger partial charge < -0.3 is 9.80 Å². The highest BCUT2D eigenvalue weighted by Crippen LogP contribution is 2.26. The van der Waals surface area contributed by atoms with Crippen LogP contribution in [0.5, 0.6) is 0 Å². The lowest BCUT2D eigenvalue weighted by atomic mass is 9.99. The fraction of sp³-hybridized carbons (Fsp3) is 0.458. The van der Waals surface area contributed by atoms with Crippen molar-refractivity contribution in [2.45, 2.75) is 46.1 Å². The van der Waals surface area contributed by atoms with E-state index in [1.165, 1.54) is 18.5 Å². The van der Waals surface area contributed by atoms with E-state index in [2.05, 4.69) is 37.8 Å². The summed E-state index contributed by atoms with van der Waals surface area (Å²) >= 11 is 0. The number of amides is 1. The Kier molecular flexibility index (Phi) is 6.68. The molecule has 0 N–H and O–H groups in total. The highest BCUT2D eigenvalue weighted by molar-refractivity contribution is 6.06. The number of rotatable bonds is 6. The van der Waals surface area contributed by atoms with Crippen LogP contribution in [0.3, 0.4) is 0 Å². The number of anilines is 1. The lowest BCUT2D eigenvalue weighted by molar-refractivity contribution is 0.0959. The fourth-order valence-electron chi connectivity index (χ4n) is 3.76. The molecule has 1 amide bonds. The zero-order valence-corrected chi connectivity index (χ0v) is 16.9. The molecule has 2 aromatic rings. The molecule has 1 saturated heterocycles. The summed E-state index contributed by atoms with van der Waals surface area (Å²) in [5.41, 5.74) is 2.95. The minimum Gasteiger partial charge on any atom is -0.305 e. The number of piperidine rings is 1. The van der Waals surface area contributed by atoms with Gasteiger partial charge in [0.05, 0.1) is 0 Å². The van der Waals surface area contributed by atoms with Crippen LogP contribution in [0.25, 0.3) is 0 Å². The normalized spacial score (nSPS) is 15.9. The number of likely N-dealkylation sites (tertiary alicyclic amines) is 1. The van der Waals surface area contributed by atoms with Gasteiger partial charge in [-0.3, -0.25) is 4.79 Å². The molecule has 0 atom stereocenters. The molecule has 0 bridgehead atoms. The second-order valence-corrected chi connectivity index (χ2v) is 8.13. The predicted octanol–water partition coefficient (Wildman–Crippen LogP) is 5.15. The second-order valence-electron chi connectivity index (χ2n) is 8.13. The van der Waals surface area contributed by atoms with E-state index in [4.69, 9.17) is 0 Å². The molecule has 0 unspecified atom stereocenters. The monoisotopic (exact) mass is 364 g/mol. The van der Waals surface area contributed by atoms with Gasteiger partial charge in [0.25, 0.3) is 5.91 Å². The van der Waals surface area contributed by atoms with Crippen LogP contribution in [0.2, 0.25) is 0 Å². The van der Waals surface area contributed by atoms with Crippen LogP contribution in [0.15, 0.2) is 54.6 Å². The smallest absolute Gasteiger partial charge is 0.258 e. The van der Waals surface area contributed by atoms with Crippen LogP contribution >= 0.6 is 0 Å². The van der Waals surface area contributed by atoms with Gasteiger partial charge in [-0.2, -0.15) is 0 Å². The fourth-order valence-corrected chi connectivity index (χ4v) is 3.76. The van der Waals surface area contributed by atoms with E-state index < -0.39 is 0 Å². The maximum atomic E-state index is 13.4. The Balaban J connectivity index is 1.76. The van der Waals surface area contributed by atoms with Crippen molar-refractivity contribution >= 4 is 11.6 Å². The molecule has 3 rings (SSSR count). The molecule has 1 aliphatic rings. The van der Waals surface area contributed by atoms with Gasteiger partial charge in [0.2, 0.25) is 0 Å². The minimum absolute atomic E-state index is 0.113. The summed E-state index contributed by atoms with van der Waals surface area (Å²) in [6, 6.07) is 18.3. The molecular weight excluding hydrogens is 332 g/mol. The number of carbonyl (C=O) groups is 1. The molecular formula is C24H32N2O. The Morgan fingerprint density at radius 1 is 1.04 bits per heavy atom. The van der Waals surface area contributed by atoms with Crippen LogP contribution in [-0.4, -0.2) is 36.5 Å². The van der Waals surface area contributed by atoms with Crippen molar-refractivity contribution < 1.29 is 4.79 Å². The van der Waals surface area contributed by atoms with Gasteiger partial charge in [0.15, 0.2) is 0 Å². The molecule has 1 aliphatic heterocycles. The Morgan fingerprint density at radius 2 is 1.67 bits per heavy atom. The molecule has 144 valence electrons. The van der Waals surface area contributed by atoms with E-state index in [1.54, 1.807) is 0 Å². The van der Waals surface area contributed by atoms with Crippen LogP contribution < -0.4 is 4.90 Å². The molecule has 3 heteroatoms. The first-order valence-electron chi connectivity index (χ1n) is 10.2. The van der Waals surface area contributed by atoms with Crippen LogP contribution in [0.4, 0.5) is 5.69 Å². The number of aryl methyl sites for hydroxylation is 1. The highest BCUT2D eigenvalue weighted by atomic mass is 16.2. The molecule has 0 spiro atoms. The predicted molar refractivity (Wildman–Crippen MR) is 113 cm³/mol. The second kappa shape index (κ2) is 9.18.